The van der Waals surface area contributed by atoms with Crippen LogP contribution in [0.2, 0.25) is 0 Å². The molecular formula is C5H8N2O3S. The maximum atomic E-state index is 11.0. The first kappa shape index (κ1) is 7.05. The summed E-state index contributed by atoms with van der Waals surface area (Å²) >= 11 is 0. The fourth-order valence-electron chi connectivity index (χ4n) is 1.54. The Balaban J connectivity index is 2.42. The minimum Gasteiger partial charge on any atom is -0.272 e. The van der Waals surface area contributed by atoms with E-state index >= 15 is 0 Å². The summed E-state index contributed by atoms with van der Waals surface area (Å²) in [7, 11) is -3.44. The Morgan fingerprint density at radius 1 is 1.55 bits per heavy atom. The quantitative estimate of drug-likeness (QED) is 0.505. The molecule has 1 atom stereocenters. The molecule has 2 heterocycles. The van der Waals surface area contributed by atoms with Crippen molar-refractivity contribution < 1.29 is 13.2 Å². The van der Waals surface area contributed by atoms with Gasteiger partial charge in [0.25, 0.3) is 5.91 Å². The van der Waals surface area contributed by atoms with Crippen molar-refractivity contribution in [1.29, 1.82) is 0 Å². The van der Waals surface area contributed by atoms with Gasteiger partial charge in [0.1, 0.15) is 6.04 Å². The molecule has 2 aliphatic heterocycles. The molecule has 6 heteroatoms. The van der Waals surface area contributed by atoms with E-state index in [0.717, 1.165) is 6.42 Å². The molecule has 2 aliphatic rings. The number of rotatable bonds is 0. The molecule has 1 amide bonds. The van der Waals surface area contributed by atoms with Crippen LogP contribution in [0.1, 0.15) is 12.8 Å². The van der Waals surface area contributed by atoms with E-state index in [2.05, 4.69) is 0 Å². The Labute approximate surface area is 64.6 Å². The van der Waals surface area contributed by atoms with Gasteiger partial charge in [-0.15, -0.1) is 0 Å². The molecule has 2 saturated heterocycles. The van der Waals surface area contributed by atoms with Gasteiger partial charge in [-0.3, -0.25) is 4.79 Å². The van der Waals surface area contributed by atoms with Crippen molar-refractivity contribution in [2.75, 3.05) is 6.54 Å². The molecule has 5 nitrogen and oxygen atoms in total. The molecule has 0 spiro atoms. The molecule has 0 aliphatic carbocycles. The lowest BCUT2D eigenvalue weighted by atomic mass is 10.2. The molecule has 1 unspecified atom stereocenters. The minimum absolute atomic E-state index is 0.373. The highest BCUT2D eigenvalue weighted by molar-refractivity contribution is 7.88. The highest BCUT2D eigenvalue weighted by atomic mass is 32.2. The predicted molar refractivity (Wildman–Crippen MR) is 36.8 cm³/mol. The van der Waals surface area contributed by atoms with Crippen molar-refractivity contribution in [3.05, 3.63) is 0 Å². The van der Waals surface area contributed by atoms with Gasteiger partial charge in [0.05, 0.1) is 0 Å². The molecule has 2 rings (SSSR count). The van der Waals surface area contributed by atoms with E-state index in [1.165, 1.54) is 4.31 Å². The maximum Gasteiger partial charge on any atom is 0.304 e. The van der Waals surface area contributed by atoms with E-state index in [0.29, 0.717) is 13.0 Å². The summed E-state index contributed by atoms with van der Waals surface area (Å²) in [5.74, 6) is -0.373. The lowest BCUT2D eigenvalue weighted by Crippen LogP contribution is -2.29. The molecule has 0 aromatic rings. The lowest BCUT2D eigenvalue weighted by Gasteiger charge is -2.07. The Hall–Kier alpha value is -0.620. The topological polar surface area (TPSA) is 66.5 Å². The van der Waals surface area contributed by atoms with Crippen LogP contribution < -0.4 is 4.72 Å². The average molecular weight is 176 g/mol. The van der Waals surface area contributed by atoms with Gasteiger partial charge in [-0.05, 0) is 12.8 Å². The predicted octanol–water partition coefficient (Wildman–Crippen LogP) is -1.17. The number of amides is 1. The molecule has 0 aromatic carbocycles. The third-order valence-electron chi connectivity index (χ3n) is 2.04. The average Bonchev–Trinajstić information content (AvgIpc) is 2.37. The van der Waals surface area contributed by atoms with Crippen LogP contribution in [0.4, 0.5) is 0 Å². The zero-order chi connectivity index (χ0) is 8.06. The fraction of sp³-hybridized carbons (Fsp3) is 0.800. The van der Waals surface area contributed by atoms with Gasteiger partial charge in [0, 0.05) is 6.54 Å². The molecule has 0 bridgehead atoms. The highest BCUT2D eigenvalue weighted by Crippen LogP contribution is 2.24. The van der Waals surface area contributed by atoms with Crippen LogP contribution in [0.15, 0.2) is 0 Å². The standard InChI is InChI=1S/C5H8N2O3S/c8-5-4-2-1-3-7(4)11(9,10)6-5/h4H,1-3H2,(H,6,8). The highest BCUT2D eigenvalue weighted by Gasteiger charge is 2.46. The third kappa shape index (κ3) is 0.860. The number of fused-ring (bicyclic) bond motifs is 1. The minimum atomic E-state index is -3.44. The van der Waals surface area contributed by atoms with E-state index in [4.69, 9.17) is 0 Å². The van der Waals surface area contributed by atoms with Crippen molar-refractivity contribution in [1.82, 2.24) is 9.03 Å². The number of nitrogens with one attached hydrogen (secondary N) is 1. The Kier molecular flexibility index (Phi) is 1.25. The van der Waals surface area contributed by atoms with Crippen molar-refractivity contribution in [2.24, 2.45) is 0 Å². The van der Waals surface area contributed by atoms with Gasteiger partial charge in [-0.2, -0.15) is 12.7 Å². The first-order chi connectivity index (χ1) is 5.11. The Morgan fingerprint density at radius 2 is 2.27 bits per heavy atom. The smallest absolute Gasteiger partial charge is 0.272 e. The van der Waals surface area contributed by atoms with Crippen LogP contribution in [0.25, 0.3) is 0 Å². The molecule has 11 heavy (non-hydrogen) atoms. The first-order valence-corrected chi connectivity index (χ1v) is 4.89. The van der Waals surface area contributed by atoms with Crippen molar-refractivity contribution in [3.8, 4) is 0 Å². The molecule has 0 radical (unpaired) electrons. The summed E-state index contributed by atoms with van der Waals surface area (Å²) in [6.45, 7) is 0.478. The second kappa shape index (κ2) is 1.95. The summed E-state index contributed by atoms with van der Waals surface area (Å²) in [6, 6.07) is -0.417. The largest absolute Gasteiger partial charge is 0.304 e. The monoisotopic (exact) mass is 176 g/mol. The summed E-state index contributed by atoms with van der Waals surface area (Å²) in [6.07, 6.45) is 1.45. The molecule has 62 valence electrons. The van der Waals surface area contributed by atoms with Crippen LogP contribution >= 0.6 is 0 Å². The van der Waals surface area contributed by atoms with Crippen LogP contribution in [-0.4, -0.2) is 31.2 Å². The van der Waals surface area contributed by atoms with E-state index in [9.17, 15) is 13.2 Å². The fourth-order valence-corrected chi connectivity index (χ4v) is 2.96. The molecule has 0 saturated carbocycles. The summed E-state index contributed by atoms with van der Waals surface area (Å²) in [5, 5.41) is 0. The number of carbonyl (C=O) groups excluding carboxylic acids is 1. The second-order valence-electron chi connectivity index (χ2n) is 2.74. The molecular weight excluding hydrogens is 168 g/mol. The Morgan fingerprint density at radius 3 is 2.91 bits per heavy atom. The van der Waals surface area contributed by atoms with E-state index in [1.54, 1.807) is 0 Å². The maximum absolute atomic E-state index is 11.0. The summed E-state index contributed by atoms with van der Waals surface area (Å²) < 4.78 is 25.3. The Bertz CT molecular complexity index is 297. The van der Waals surface area contributed by atoms with Crippen molar-refractivity contribution in [3.63, 3.8) is 0 Å². The SMILES string of the molecule is O=C1NS(=O)(=O)N2CCCC12. The summed E-state index contributed by atoms with van der Waals surface area (Å²) in [5.41, 5.74) is 0. The normalized spacial score (nSPS) is 35.3. The zero-order valence-electron chi connectivity index (χ0n) is 5.78. The van der Waals surface area contributed by atoms with E-state index < -0.39 is 16.3 Å². The van der Waals surface area contributed by atoms with Gasteiger partial charge >= 0.3 is 10.2 Å². The van der Waals surface area contributed by atoms with Gasteiger partial charge in [-0.25, -0.2) is 4.72 Å². The van der Waals surface area contributed by atoms with Crippen LogP contribution in [-0.2, 0) is 15.0 Å². The van der Waals surface area contributed by atoms with Crippen LogP contribution in [0.3, 0.4) is 0 Å². The van der Waals surface area contributed by atoms with Gasteiger partial charge in [-0.1, -0.05) is 0 Å². The van der Waals surface area contributed by atoms with Crippen molar-refractivity contribution in [2.45, 2.75) is 18.9 Å². The zero-order valence-corrected chi connectivity index (χ0v) is 6.60. The van der Waals surface area contributed by atoms with Crippen LogP contribution in [0, 0.1) is 0 Å². The number of hydrogen-bond donors (Lipinski definition) is 1. The number of hydrogen-bond acceptors (Lipinski definition) is 3. The number of carbonyl (C=O) groups is 1. The van der Waals surface area contributed by atoms with Crippen molar-refractivity contribution >= 4 is 16.1 Å². The number of nitrogens with zero attached hydrogens (tertiary/aromatic N) is 1. The summed E-state index contributed by atoms with van der Waals surface area (Å²) in [4.78, 5) is 10.9. The second-order valence-corrected chi connectivity index (χ2v) is 4.36. The first-order valence-electron chi connectivity index (χ1n) is 3.45. The third-order valence-corrected chi connectivity index (χ3v) is 3.56. The van der Waals surface area contributed by atoms with Crippen LogP contribution in [0.5, 0.6) is 0 Å². The molecule has 2 fully saturated rings. The van der Waals surface area contributed by atoms with Gasteiger partial charge in [0.15, 0.2) is 0 Å². The van der Waals surface area contributed by atoms with E-state index in [1.807, 2.05) is 4.72 Å². The van der Waals surface area contributed by atoms with E-state index in [-0.39, 0.29) is 5.91 Å². The molecule has 1 N–H and O–H groups in total. The molecule has 0 aromatic heterocycles. The lowest BCUT2D eigenvalue weighted by molar-refractivity contribution is -0.120. The van der Waals surface area contributed by atoms with Gasteiger partial charge in [0.2, 0.25) is 0 Å². The van der Waals surface area contributed by atoms with Gasteiger partial charge < -0.3 is 0 Å².